The highest BCUT2D eigenvalue weighted by Gasteiger charge is 2.24. The fraction of sp³-hybridized carbons (Fsp3) is 0.389. The molecule has 1 unspecified atom stereocenters. The number of nitrogens with zero attached hydrogens (tertiary/aromatic N) is 4. The van der Waals surface area contributed by atoms with Crippen molar-refractivity contribution in [3.63, 3.8) is 0 Å². The van der Waals surface area contributed by atoms with Gasteiger partial charge in [-0.05, 0) is 37.0 Å². The van der Waals surface area contributed by atoms with Crippen LogP contribution in [0.25, 0.3) is 0 Å². The quantitative estimate of drug-likeness (QED) is 0.768. The van der Waals surface area contributed by atoms with E-state index in [4.69, 9.17) is 10.00 Å². The van der Waals surface area contributed by atoms with E-state index in [1.165, 1.54) is 5.56 Å². The summed E-state index contributed by atoms with van der Waals surface area (Å²) in [7, 11) is 0. The maximum absolute atomic E-state index is 8.75. The van der Waals surface area contributed by atoms with Crippen LogP contribution in [0.5, 0.6) is 0 Å². The van der Waals surface area contributed by atoms with Crippen molar-refractivity contribution in [2.24, 2.45) is 0 Å². The van der Waals surface area contributed by atoms with E-state index in [0.717, 1.165) is 44.8 Å². The number of benzene rings is 1. The van der Waals surface area contributed by atoms with E-state index in [2.05, 4.69) is 39.4 Å². The van der Waals surface area contributed by atoms with Crippen molar-refractivity contribution >= 4 is 5.82 Å². The van der Waals surface area contributed by atoms with Gasteiger partial charge in [0.25, 0.3) is 0 Å². The van der Waals surface area contributed by atoms with Crippen molar-refractivity contribution in [1.82, 2.24) is 10.2 Å². The monoisotopic (exact) mass is 308 g/mol. The Morgan fingerprint density at radius 1 is 1.17 bits per heavy atom. The van der Waals surface area contributed by atoms with Crippen molar-refractivity contribution in [1.29, 1.82) is 5.26 Å². The minimum Gasteiger partial charge on any atom is -0.376 e. The predicted octanol–water partition coefficient (Wildman–Crippen LogP) is 2.58. The number of hydrogen-bond donors (Lipinski definition) is 0. The van der Waals surface area contributed by atoms with Gasteiger partial charge in [-0.15, -0.1) is 10.2 Å². The Bertz CT molecular complexity index is 651. The zero-order valence-electron chi connectivity index (χ0n) is 13.1. The molecule has 2 heterocycles. The van der Waals surface area contributed by atoms with Crippen molar-refractivity contribution in [2.75, 3.05) is 24.6 Å². The van der Waals surface area contributed by atoms with E-state index in [1.54, 1.807) is 6.07 Å². The molecule has 0 spiro atoms. The fourth-order valence-electron chi connectivity index (χ4n) is 2.80. The predicted molar refractivity (Wildman–Crippen MR) is 88.1 cm³/mol. The Morgan fingerprint density at radius 3 is 2.78 bits per heavy atom. The van der Waals surface area contributed by atoms with E-state index < -0.39 is 0 Å². The molecule has 5 heteroatoms. The SMILES string of the molecule is N#Cc1ccc(N2CCC(OCCCc3ccccc3)C2)nn1. The molecular formula is C18H20N4O. The molecule has 1 aliphatic heterocycles. The van der Waals surface area contributed by atoms with Gasteiger partial charge in [-0.3, -0.25) is 0 Å². The molecule has 0 saturated carbocycles. The molecule has 1 aliphatic rings. The lowest BCUT2D eigenvalue weighted by Gasteiger charge is -2.16. The topological polar surface area (TPSA) is 62.0 Å². The van der Waals surface area contributed by atoms with Gasteiger partial charge >= 0.3 is 0 Å². The van der Waals surface area contributed by atoms with Gasteiger partial charge in [-0.2, -0.15) is 5.26 Å². The largest absolute Gasteiger partial charge is 0.376 e. The van der Waals surface area contributed by atoms with Crippen LogP contribution < -0.4 is 4.90 Å². The highest BCUT2D eigenvalue weighted by molar-refractivity contribution is 5.40. The lowest BCUT2D eigenvalue weighted by Crippen LogP contribution is -2.24. The molecule has 23 heavy (non-hydrogen) atoms. The maximum Gasteiger partial charge on any atom is 0.163 e. The Morgan fingerprint density at radius 2 is 2.04 bits per heavy atom. The molecule has 3 rings (SSSR count). The smallest absolute Gasteiger partial charge is 0.163 e. The number of ether oxygens (including phenoxy) is 1. The summed E-state index contributed by atoms with van der Waals surface area (Å²) in [6, 6.07) is 16.0. The summed E-state index contributed by atoms with van der Waals surface area (Å²) in [5, 5.41) is 16.7. The second-order valence-electron chi connectivity index (χ2n) is 5.71. The summed E-state index contributed by atoms with van der Waals surface area (Å²) in [4.78, 5) is 2.16. The van der Waals surface area contributed by atoms with Crippen LogP contribution in [-0.2, 0) is 11.2 Å². The Balaban J connectivity index is 1.40. The lowest BCUT2D eigenvalue weighted by molar-refractivity contribution is 0.0666. The van der Waals surface area contributed by atoms with Crippen LogP contribution in [0.4, 0.5) is 5.82 Å². The van der Waals surface area contributed by atoms with Crippen molar-refractivity contribution in [2.45, 2.75) is 25.4 Å². The van der Waals surface area contributed by atoms with Gasteiger partial charge in [0, 0.05) is 19.7 Å². The molecular weight excluding hydrogens is 288 g/mol. The molecule has 0 aliphatic carbocycles. The third kappa shape index (κ3) is 4.27. The van der Waals surface area contributed by atoms with Gasteiger partial charge in [0.2, 0.25) is 0 Å². The highest BCUT2D eigenvalue weighted by Crippen LogP contribution is 2.19. The Hall–Kier alpha value is -2.45. The standard InChI is InChI=1S/C18H20N4O/c19-13-16-8-9-18(21-20-16)22-11-10-17(14-22)23-12-4-7-15-5-2-1-3-6-15/h1-3,5-6,8-9,17H,4,7,10-12,14H2. The zero-order valence-corrected chi connectivity index (χ0v) is 13.1. The number of nitriles is 1. The highest BCUT2D eigenvalue weighted by atomic mass is 16.5. The van der Waals surface area contributed by atoms with E-state index in [0.29, 0.717) is 5.69 Å². The first kappa shape index (κ1) is 15.4. The average Bonchev–Trinajstić information content (AvgIpc) is 3.09. The van der Waals surface area contributed by atoms with Gasteiger partial charge in [-0.25, -0.2) is 0 Å². The molecule has 1 aromatic carbocycles. The molecule has 0 radical (unpaired) electrons. The summed E-state index contributed by atoms with van der Waals surface area (Å²) in [5.41, 5.74) is 1.71. The number of aryl methyl sites for hydroxylation is 1. The molecule has 0 N–H and O–H groups in total. The number of hydrogen-bond acceptors (Lipinski definition) is 5. The third-order valence-corrected chi connectivity index (χ3v) is 4.04. The molecule has 0 bridgehead atoms. The fourth-order valence-corrected chi connectivity index (χ4v) is 2.80. The van der Waals surface area contributed by atoms with Crippen LogP contribution in [0.2, 0.25) is 0 Å². The summed E-state index contributed by atoms with van der Waals surface area (Å²) >= 11 is 0. The number of aromatic nitrogens is 2. The van der Waals surface area contributed by atoms with Crippen LogP contribution >= 0.6 is 0 Å². The van der Waals surface area contributed by atoms with Crippen molar-refractivity contribution in [3.05, 3.63) is 53.7 Å². The van der Waals surface area contributed by atoms with Crippen LogP contribution in [-0.4, -0.2) is 36.0 Å². The van der Waals surface area contributed by atoms with Crippen LogP contribution in [0.15, 0.2) is 42.5 Å². The second kappa shape index (κ2) is 7.70. The minimum absolute atomic E-state index is 0.253. The minimum atomic E-state index is 0.253. The first-order valence-corrected chi connectivity index (χ1v) is 7.99. The van der Waals surface area contributed by atoms with Crippen LogP contribution in [0.3, 0.4) is 0 Å². The molecule has 2 aromatic rings. The van der Waals surface area contributed by atoms with Gasteiger partial charge in [0.1, 0.15) is 6.07 Å². The number of anilines is 1. The molecule has 1 aromatic heterocycles. The molecule has 1 fully saturated rings. The van der Waals surface area contributed by atoms with E-state index in [1.807, 2.05) is 18.2 Å². The molecule has 5 nitrogen and oxygen atoms in total. The van der Waals surface area contributed by atoms with E-state index in [-0.39, 0.29) is 6.10 Å². The van der Waals surface area contributed by atoms with Crippen molar-refractivity contribution in [3.8, 4) is 6.07 Å². The molecule has 118 valence electrons. The van der Waals surface area contributed by atoms with Crippen LogP contribution in [0, 0.1) is 11.3 Å². The van der Waals surface area contributed by atoms with E-state index >= 15 is 0 Å². The van der Waals surface area contributed by atoms with E-state index in [9.17, 15) is 0 Å². The molecule has 1 atom stereocenters. The second-order valence-corrected chi connectivity index (χ2v) is 5.71. The summed E-state index contributed by atoms with van der Waals surface area (Å²) < 4.78 is 5.98. The molecule has 0 amide bonds. The Labute approximate surface area is 136 Å². The normalized spacial score (nSPS) is 17.2. The lowest BCUT2D eigenvalue weighted by atomic mass is 10.1. The van der Waals surface area contributed by atoms with Crippen molar-refractivity contribution < 1.29 is 4.74 Å². The van der Waals surface area contributed by atoms with Gasteiger partial charge in [0.05, 0.1) is 6.10 Å². The van der Waals surface area contributed by atoms with Crippen LogP contribution in [0.1, 0.15) is 24.1 Å². The van der Waals surface area contributed by atoms with Gasteiger partial charge in [-0.1, -0.05) is 30.3 Å². The van der Waals surface area contributed by atoms with Gasteiger partial charge in [0.15, 0.2) is 11.5 Å². The zero-order chi connectivity index (χ0) is 15.9. The maximum atomic E-state index is 8.75. The average molecular weight is 308 g/mol. The first-order chi connectivity index (χ1) is 11.3. The van der Waals surface area contributed by atoms with Gasteiger partial charge < -0.3 is 9.64 Å². The number of rotatable bonds is 6. The summed E-state index contributed by atoms with van der Waals surface area (Å²) in [6.45, 7) is 2.54. The summed E-state index contributed by atoms with van der Waals surface area (Å²) in [5.74, 6) is 0.819. The summed E-state index contributed by atoms with van der Waals surface area (Å²) in [6.07, 6.45) is 3.35. The molecule has 1 saturated heterocycles. The third-order valence-electron chi connectivity index (χ3n) is 4.04. The first-order valence-electron chi connectivity index (χ1n) is 7.99. The Kier molecular flexibility index (Phi) is 5.17.